The highest BCUT2D eigenvalue weighted by atomic mass is 16.5. The fourth-order valence-corrected chi connectivity index (χ4v) is 4.58. The molecule has 0 bridgehead atoms. The van der Waals surface area contributed by atoms with E-state index in [0.717, 1.165) is 24.2 Å². The Morgan fingerprint density at radius 1 is 0.897 bits per heavy atom. The molecule has 2 aromatic rings. The molecule has 152 valence electrons. The van der Waals surface area contributed by atoms with E-state index in [4.69, 9.17) is 9.47 Å². The van der Waals surface area contributed by atoms with Gasteiger partial charge in [-0.25, -0.2) is 0 Å². The van der Waals surface area contributed by atoms with Gasteiger partial charge in [0.1, 0.15) is 5.75 Å². The second-order valence-electron chi connectivity index (χ2n) is 7.49. The van der Waals surface area contributed by atoms with Gasteiger partial charge in [-0.15, -0.1) is 0 Å². The first-order valence-electron chi connectivity index (χ1n) is 9.98. The van der Waals surface area contributed by atoms with Crippen LogP contribution in [0.25, 0.3) is 0 Å². The highest BCUT2D eigenvalue weighted by Gasteiger charge is 2.39. The van der Waals surface area contributed by atoms with E-state index in [0.29, 0.717) is 30.8 Å². The zero-order valence-corrected chi connectivity index (χ0v) is 16.8. The van der Waals surface area contributed by atoms with Gasteiger partial charge < -0.3 is 9.47 Å². The summed E-state index contributed by atoms with van der Waals surface area (Å²) in [6.07, 6.45) is 1.98. The summed E-state index contributed by atoms with van der Waals surface area (Å²) >= 11 is 0. The molecule has 2 amide bonds. The summed E-state index contributed by atoms with van der Waals surface area (Å²) in [6.45, 7) is 1.58. The highest BCUT2D eigenvalue weighted by molar-refractivity contribution is 6.21. The molecule has 2 aliphatic heterocycles. The van der Waals surface area contributed by atoms with Crippen LogP contribution in [0.1, 0.15) is 45.2 Å². The van der Waals surface area contributed by atoms with E-state index in [-0.39, 0.29) is 23.9 Å². The Labute approximate surface area is 171 Å². The average molecular weight is 394 g/mol. The minimum absolute atomic E-state index is 0.168. The first-order valence-corrected chi connectivity index (χ1v) is 9.98. The number of benzene rings is 2. The van der Waals surface area contributed by atoms with Crippen LogP contribution in [-0.4, -0.2) is 61.6 Å². The standard InChI is InChI=1S/C23H26N2O4/c1-28-15-16-11-12-20(19-9-5-6-10-21(19)29-2)24(16)13-14-25-22(26)17-7-3-4-8-18(17)23(25)27/h3-10,16,20H,11-15H2,1-2H3. The van der Waals surface area contributed by atoms with Gasteiger partial charge in [0.25, 0.3) is 11.8 Å². The predicted molar refractivity (Wildman–Crippen MR) is 109 cm³/mol. The molecule has 2 aromatic carbocycles. The van der Waals surface area contributed by atoms with Gasteiger partial charge in [-0.2, -0.15) is 0 Å². The molecular weight excluding hydrogens is 368 g/mol. The van der Waals surface area contributed by atoms with Crippen molar-refractivity contribution in [2.24, 2.45) is 0 Å². The topological polar surface area (TPSA) is 59.1 Å². The predicted octanol–water partition coefficient (Wildman–Crippen LogP) is 3.14. The largest absolute Gasteiger partial charge is 0.496 e. The van der Waals surface area contributed by atoms with E-state index in [1.165, 1.54) is 4.90 Å². The molecule has 1 saturated heterocycles. The van der Waals surface area contributed by atoms with Gasteiger partial charge in [-0.1, -0.05) is 30.3 Å². The quantitative estimate of drug-likeness (QED) is 0.676. The monoisotopic (exact) mass is 394 g/mol. The maximum Gasteiger partial charge on any atom is 0.261 e. The third-order valence-electron chi connectivity index (χ3n) is 5.96. The molecule has 0 spiro atoms. The number of methoxy groups -OCH3 is 2. The van der Waals surface area contributed by atoms with Gasteiger partial charge >= 0.3 is 0 Å². The Kier molecular flexibility index (Phi) is 5.65. The summed E-state index contributed by atoms with van der Waals surface area (Å²) in [5.41, 5.74) is 2.12. The Bertz CT molecular complexity index is 878. The normalized spacial score (nSPS) is 21.7. The van der Waals surface area contributed by atoms with Crippen molar-refractivity contribution in [1.82, 2.24) is 9.80 Å². The van der Waals surface area contributed by atoms with Gasteiger partial charge in [0.15, 0.2) is 0 Å². The van der Waals surface area contributed by atoms with Crippen molar-refractivity contribution in [3.8, 4) is 5.75 Å². The molecule has 0 aromatic heterocycles. The minimum Gasteiger partial charge on any atom is -0.496 e. The first-order chi connectivity index (χ1) is 14.2. The zero-order valence-electron chi connectivity index (χ0n) is 16.8. The molecule has 1 fully saturated rings. The number of nitrogens with zero attached hydrogens (tertiary/aromatic N) is 2. The lowest BCUT2D eigenvalue weighted by Crippen LogP contribution is -2.42. The Balaban J connectivity index is 1.54. The van der Waals surface area contributed by atoms with Crippen LogP contribution in [0, 0.1) is 0 Å². The van der Waals surface area contributed by atoms with Gasteiger partial charge in [-0.05, 0) is 31.0 Å². The number of carbonyl (C=O) groups is 2. The summed E-state index contributed by atoms with van der Waals surface area (Å²) in [5, 5.41) is 0. The average Bonchev–Trinajstić information content (AvgIpc) is 3.26. The number of ether oxygens (including phenoxy) is 2. The van der Waals surface area contributed by atoms with E-state index >= 15 is 0 Å². The number of fused-ring (bicyclic) bond motifs is 1. The molecule has 0 aliphatic carbocycles. The fraction of sp³-hybridized carbons (Fsp3) is 0.391. The van der Waals surface area contributed by atoms with Crippen LogP contribution in [0.5, 0.6) is 5.75 Å². The summed E-state index contributed by atoms with van der Waals surface area (Å²) in [7, 11) is 3.39. The first kappa shape index (κ1) is 19.6. The molecular formula is C23H26N2O4. The lowest BCUT2D eigenvalue weighted by molar-refractivity contribution is 0.0581. The van der Waals surface area contributed by atoms with E-state index in [9.17, 15) is 9.59 Å². The van der Waals surface area contributed by atoms with Crippen LogP contribution in [0.3, 0.4) is 0 Å². The van der Waals surface area contributed by atoms with E-state index in [1.54, 1.807) is 38.5 Å². The molecule has 6 heteroatoms. The number of hydrogen-bond donors (Lipinski definition) is 0. The van der Waals surface area contributed by atoms with Gasteiger partial charge in [0, 0.05) is 37.8 Å². The molecule has 2 heterocycles. The lowest BCUT2D eigenvalue weighted by atomic mass is 10.0. The SMILES string of the molecule is COCC1CCC(c2ccccc2OC)N1CCN1C(=O)c2ccccc2C1=O. The van der Waals surface area contributed by atoms with E-state index in [2.05, 4.69) is 11.0 Å². The smallest absolute Gasteiger partial charge is 0.261 e. The second kappa shape index (κ2) is 8.35. The van der Waals surface area contributed by atoms with Crippen LogP contribution >= 0.6 is 0 Å². The van der Waals surface area contributed by atoms with Gasteiger partial charge in [0.2, 0.25) is 0 Å². The summed E-state index contributed by atoms with van der Waals surface area (Å²) in [4.78, 5) is 29.1. The summed E-state index contributed by atoms with van der Waals surface area (Å²) in [6, 6.07) is 15.5. The number of likely N-dealkylation sites (tertiary alicyclic amines) is 1. The number of rotatable bonds is 7. The second-order valence-corrected chi connectivity index (χ2v) is 7.49. The van der Waals surface area contributed by atoms with Crippen molar-refractivity contribution in [3.05, 3.63) is 65.2 Å². The molecule has 2 aliphatic rings. The third-order valence-corrected chi connectivity index (χ3v) is 5.96. The summed E-state index contributed by atoms with van der Waals surface area (Å²) in [5.74, 6) is 0.449. The van der Waals surface area contributed by atoms with Gasteiger partial charge in [-0.3, -0.25) is 19.4 Å². The zero-order chi connectivity index (χ0) is 20.4. The van der Waals surface area contributed by atoms with E-state index in [1.807, 2.05) is 18.2 Å². The molecule has 0 N–H and O–H groups in total. The number of carbonyl (C=O) groups excluding carboxylic acids is 2. The molecule has 29 heavy (non-hydrogen) atoms. The number of para-hydroxylation sites is 1. The van der Waals surface area contributed by atoms with Crippen molar-refractivity contribution < 1.29 is 19.1 Å². The Morgan fingerprint density at radius 2 is 1.55 bits per heavy atom. The van der Waals surface area contributed by atoms with Crippen molar-refractivity contribution in [2.75, 3.05) is 33.9 Å². The van der Waals surface area contributed by atoms with Gasteiger partial charge in [0.05, 0.1) is 24.8 Å². The van der Waals surface area contributed by atoms with E-state index < -0.39 is 0 Å². The third kappa shape index (κ3) is 3.54. The van der Waals surface area contributed by atoms with Crippen molar-refractivity contribution in [3.63, 3.8) is 0 Å². The number of imide groups is 1. The molecule has 0 saturated carbocycles. The lowest BCUT2D eigenvalue weighted by Gasteiger charge is -2.32. The molecule has 4 rings (SSSR count). The minimum atomic E-state index is -0.207. The molecule has 2 atom stereocenters. The van der Waals surface area contributed by atoms with Crippen LogP contribution in [0.4, 0.5) is 0 Å². The fourth-order valence-electron chi connectivity index (χ4n) is 4.58. The van der Waals surface area contributed by atoms with Crippen molar-refractivity contribution >= 4 is 11.8 Å². The van der Waals surface area contributed by atoms with Crippen LogP contribution in [0.2, 0.25) is 0 Å². The Morgan fingerprint density at radius 3 is 2.21 bits per heavy atom. The van der Waals surface area contributed by atoms with Crippen LogP contribution in [-0.2, 0) is 4.74 Å². The maximum atomic E-state index is 12.7. The Hall–Kier alpha value is -2.70. The van der Waals surface area contributed by atoms with Crippen molar-refractivity contribution in [2.45, 2.75) is 24.9 Å². The number of hydrogen-bond acceptors (Lipinski definition) is 5. The van der Waals surface area contributed by atoms with Crippen LogP contribution < -0.4 is 4.74 Å². The number of amides is 2. The van der Waals surface area contributed by atoms with Crippen LogP contribution in [0.15, 0.2) is 48.5 Å². The van der Waals surface area contributed by atoms with Crippen molar-refractivity contribution in [1.29, 1.82) is 0 Å². The molecule has 0 radical (unpaired) electrons. The maximum absolute atomic E-state index is 12.7. The highest BCUT2D eigenvalue weighted by Crippen LogP contribution is 2.40. The summed E-state index contributed by atoms with van der Waals surface area (Å²) < 4.78 is 11.0. The molecule has 2 unspecified atom stereocenters. The molecule has 6 nitrogen and oxygen atoms in total.